The third-order valence-corrected chi connectivity index (χ3v) is 6.17. The zero-order chi connectivity index (χ0) is 18.7. The Labute approximate surface area is 153 Å². The molecule has 1 atom stereocenters. The summed E-state index contributed by atoms with van der Waals surface area (Å²) in [7, 11) is -0.624. The number of piperidine rings is 1. The minimum atomic E-state index is -3.55. The molecule has 3 rings (SSSR count). The van der Waals surface area contributed by atoms with Crippen LogP contribution in [-0.2, 0) is 10.0 Å². The summed E-state index contributed by atoms with van der Waals surface area (Å²) < 4.78 is 27.4. The normalized spacial score (nSPS) is 18.0. The Kier molecular flexibility index (Phi) is 5.40. The van der Waals surface area contributed by atoms with Crippen LogP contribution in [0, 0.1) is 0 Å². The molecule has 2 aromatic rings. The number of carbonyl (C=O) groups is 1. The molecule has 2 N–H and O–H groups in total. The molecule has 8 nitrogen and oxygen atoms in total. The van der Waals surface area contributed by atoms with Crippen molar-refractivity contribution in [3.8, 4) is 0 Å². The van der Waals surface area contributed by atoms with Crippen molar-refractivity contribution < 1.29 is 13.2 Å². The Morgan fingerprint density at radius 3 is 2.85 bits per heavy atom. The third-order valence-electron chi connectivity index (χ3n) is 4.36. The van der Waals surface area contributed by atoms with Crippen LogP contribution in [0.4, 0.5) is 5.69 Å². The number of sulfonamides is 1. The fraction of sp³-hybridized carbons (Fsp3) is 0.412. The maximum absolute atomic E-state index is 12.4. The van der Waals surface area contributed by atoms with Crippen LogP contribution in [0.15, 0.2) is 41.4 Å². The van der Waals surface area contributed by atoms with Crippen LogP contribution in [0.3, 0.4) is 0 Å². The number of anilines is 1. The molecule has 0 bridgehead atoms. The second-order valence-corrected chi connectivity index (χ2v) is 8.60. The molecule has 1 fully saturated rings. The summed E-state index contributed by atoms with van der Waals surface area (Å²) >= 11 is 0. The molecule has 1 unspecified atom stereocenters. The smallest absolute Gasteiger partial charge is 0.276 e. The zero-order valence-corrected chi connectivity index (χ0v) is 15.7. The summed E-state index contributed by atoms with van der Waals surface area (Å²) in [6, 6.07) is 8.10. The lowest BCUT2D eigenvalue weighted by Crippen LogP contribution is -2.32. The van der Waals surface area contributed by atoms with Crippen LogP contribution in [0.2, 0.25) is 0 Å². The Balaban J connectivity index is 1.73. The average Bonchev–Trinajstić information content (AvgIpc) is 3.13. The average molecular weight is 377 g/mol. The Bertz CT molecular complexity index is 885. The van der Waals surface area contributed by atoms with Crippen LogP contribution in [0.5, 0.6) is 0 Å². The van der Waals surface area contributed by atoms with E-state index < -0.39 is 10.0 Å². The van der Waals surface area contributed by atoms with Crippen molar-refractivity contribution in [1.29, 1.82) is 0 Å². The van der Waals surface area contributed by atoms with E-state index in [0.717, 1.165) is 30.2 Å². The van der Waals surface area contributed by atoms with Crippen molar-refractivity contribution >= 4 is 21.6 Å². The second kappa shape index (κ2) is 7.56. The minimum absolute atomic E-state index is 0.124. The molecule has 1 aliphatic heterocycles. The van der Waals surface area contributed by atoms with E-state index in [1.807, 2.05) is 4.68 Å². The highest BCUT2D eigenvalue weighted by Gasteiger charge is 2.20. The second-order valence-electron chi connectivity index (χ2n) is 6.45. The lowest BCUT2D eigenvalue weighted by Gasteiger charge is -2.22. The quantitative estimate of drug-likeness (QED) is 0.819. The van der Waals surface area contributed by atoms with Crippen molar-refractivity contribution in [3.63, 3.8) is 0 Å². The third kappa shape index (κ3) is 3.95. The zero-order valence-electron chi connectivity index (χ0n) is 14.8. The van der Waals surface area contributed by atoms with Gasteiger partial charge in [-0.3, -0.25) is 9.48 Å². The molecule has 26 heavy (non-hydrogen) atoms. The monoisotopic (exact) mass is 377 g/mol. The molecule has 1 amide bonds. The summed E-state index contributed by atoms with van der Waals surface area (Å²) in [6.07, 6.45) is 3.92. The lowest BCUT2D eigenvalue weighted by molar-refractivity contribution is 0.102. The van der Waals surface area contributed by atoms with Gasteiger partial charge in [-0.15, -0.1) is 0 Å². The van der Waals surface area contributed by atoms with Crippen molar-refractivity contribution in [2.45, 2.75) is 23.8 Å². The first kappa shape index (κ1) is 18.6. The summed E-state index contributed by atoms with van der Waals surface area (Å²) in [6.45, 7) is 1.85. The molecule has 1 saturated heterocycles. The maximum atomic E-state index is 12.4. The van der Waals surface area contributed by atoms with Crippen LogP contribution in [0.1, 0.15) is 29.4 Å². The first-order chi connectivity index (χ1) is 12.4. The van der Waals surface area contributed by atoms with E-state index in [4.69, 9.17) is 0 Å². The van der Waals surface area contributed by atoms with E-state index in [1.54, 1.807) is 24.4 Å². The van der Waals surface area contributed by atoms with Gasteiger partial charge < -0.3 is 10.6 Å². The molecule has 0 radical (unpaired) electrons. The number of nitrogens with one attached hydrogen (secondary N) is 2. The lowest BCUT2D eigenvalue weighted by atomic mass is 10.1. The predicted molar refractivity (Wildman–Crippen MR) is 98.6 cm³/mol. The number of benzene rings is 1. The van der Waals surface area contributed by atoms with E-state index in [-0.39, 0.29) is 16.8 Å². The molecule has 9 heteroatoms. The van der Waals surface area contributed by atoms with Crippen LogP contribution >= 0.6 is 0 Å². The fourth-order valence-electron chi connectivity index (χ4n) is 2.86. The van der Waals surface area contributed by atoms with E-state index in [2.05, 4.69) is 15.7 Å². The first-order valence-electron chi connectivity index (χ1n) is 8.48. The van der Waals surface area contributed by atoms with E-state index >= 15 is 0 Å². The summed E-state index contributed by atoms with van der Waals surface area (Å²) in [5, 5.41) is 10.4. The number of hydrogen-bond donors (Lipinski definition) is 2. The summed E-state index contributed by atoms with van der Waals surface area (Å²) in [5.41, 5.74) is 0.711. The van der Waals surface area contributed by atoms with Gasteiger partial charge in [-0.25, -0.2) is 12.7 Å². The molecule has 1 aromatic carbocycles. The molecular formula is C17H23N5O3S. The predicted octanol–water partition coefficient (Wildman–Crippen LogP) is 1.31. The Morgan fingerprint density at radius 1 is 1.35 bits per heavy atom. The van der Waals surface area contributed by atoms with Crippen LogP contribution < -0.4 is 10.6 Å². The van der Waals surface area contributed by atoms with Gasteiger partial charge in [-0.1, -0.05) is 6.07 Å². The number of rotatable bonds is 5. The highest BCUT2D eigenvalue weighted by molar-refractivity contribution is 7.89. The minimum Gasteiger partial charge on any atom is -0.321 e. The molecule has 2 heterocycles. The van der Waals surface area contributed by atoms with Gasteiger partial charge in [0.15, 0.2) is 5.69 Å². The number of aromatic nitrogens is 2. The number of hydrogen-bond acceptors (Lipinski definition) is 5. The van der Waals surface area contributed by atoms with Crippen LogP contribution in [-0.4, -0.2) is 55.6 Å². The van der Waals surface area contributed by atoms with Gasteiger partial charge in [-0.2, -0.15) is 5.10 Å². The van der Waals surface area contributed by atoms with Crippen molar-refractivity contribution in [3.05, 3.63) is 42.2 Å². The topological polar surface area (TPSA) is 96.3 Å². The molecular weight excluding hydrogens is 354 g/mol. The number of carbonyl (C=O) groups excluding carboxylic acids is 1. The summed E-state index contributed by atoms with van der Waals surface area (Å²) in [5.74, 6) is -0.369. The van der Waals surface area contributed by atoms with Gasteiger partial charge >= 0.3 is 0 Å². The molecule has 1 aliphatic rings. The van der Waals surface area contributed by atoms with E-state index in [9.17, 15) is 13.2 Å². The Hall–Kier alpha value is -2.23. The SMILES string of the molecule is CN(C)S(=O)(=O)c1cccc(NC(=O)c2ccn(C3CCCNC3)n2)c1. The highest BCUT2D eigenvalue weighted by atomic mass is 32.2. The number of amides is 1. The van der Waals surface area contributed by atoms with Gasteiger partial charge in [0.2, 0.25) is 10.0 Å². The largest absolute Gasteiger partial charge is 0.321 e. The molecule has 1 aromatic heterocycles. The molecule has 0 saturated carbocycles. The molecule has 0 spiro atoms. The number of nitrogens with zero attached hydrogens (tertiary/aromatic N) is 3. The van der Waals surface area contributed by atoms with Gasteiger partial charge in [0.1, 0.15) is 0 Å². The fourth-order valence-corrected chi connectivity index (χ4v) is 3.81. The van der Waals surface area contributed by atoms with Gasteiger partial charge in [0.25, 0.3) is 5.91 Å². The van der Waals surface area contributed by atoms with Crippen LogP contribution in [0.25, 0.3) is 0 Å². The van der Waals surface area contributed by atoms with Crippen molar-refractivity contribution in [2.75, 3.05) is 32.5 Å². The van der Waals surface area contributed by atoms with Gasteiger partial charge in [-0.05, 0) is 43.7 Å². The van der Waals surface area contributed by atoms with E-state index in [1.165, 1.54) is 26.2 Å². The first-order valence-corrected chi connectivity index (χ1v) is 9.92. The van der Waals surface area contributed by atoms with Crippen molar-refractivity contribution in [1.82, 2.24) is 19.4 Å². The van der Waals surface area contributed by atoms with Gasteiger partial charge in [0, 0.05) is 32.5 Å². The van der Waals surface area contributed by atoms with Crippen molar-refractivity contribution in [2.24, 2.45) is 0 Å². The Morgan fingerprint density at radius 2 is 2.15 bits per heavy atom. The van der Waals surface area contributed by atoms with E-state index in [0.29, 0.717) is 11.4 Å². The molecule has 140 valence electrons. The molecule has 0 aliphatic carbocycles. The summed E-state index contributed by atoms with van der Waals surface area (Å²) in [4.78, 5) is 12.6. The van der Waals surface area contributed by atoms with Gasteiger partial charge in [0.05, 0.1) is 10.9 Å². The highest BCUT2D eigenvalue weighted by Crippen LogP contribution is 2.19. The maximum Gasteiger partial charge on any atom is 0.276 e. The standard InChI is InChI=1S/C17H23N5O3S/c1-21(2)26(24,25)15-7-3-5-13(11-15)19-17(23)16-8-10-22(20-16)14-6-4-9-18-12-14/h3,5,7-8,10-11,14,18H,4,6,9,12H2,1-2H3,(H,19,23).